The molecule has 2 heterocycles. The number of amides is 1. The lowest BCUT2D eigenvalue weighted by molar-refractivity contribution is -0.120. The van der Waals surface area contributed by atoms with Gasteiger partial charge in [0.2, 0.25) is 5.91 Å². The maximum atomic E-state index is 12.6. The van der Waals surface area contributed by atoms with Gasteiger partial charge in [-0.3, -0.25) is 14.3 Å². The van der Waals surface area contributed by atoms with Crippen LogP contribution in [-0.4, -0.2) is 37.5 Å². The molecule has 1 N–H and O–H groups in total. The van der Waals surface area contributed by atoms with E-state index in [0.29, 0.717) is 12.0 Å². The molecule has 1 atom stereocenters. The third-order valence-corrected chi connectivity index (χ3v) is 6.51. The summed E-state index contributed by atoms with van der Waals surface area (Å²) in [5.74, 6) is 1.62. The van der Waals surface area contributed by atoms with Gasteiger partial charge in [0.25, 0.3) is 0 Å². The fourth-order valence-corrected chi connectivity index (χ4v) is 4.65. The molecule has 2 aliphatic rings. The standard InChI is InChI=1S/C20H27N5OS/c1-14(19(26)22-13-15-5-3-2-4-6-15)27-20-24-23-18(25(20)17-7-8-17)16-9-11-21-12-10-16/h9-12,14-15,17H,2-8,13H2,1H3,(H,22,26)/t14-/m0/s1. The highest BCUT2D eigenvalue weighted by atomic mass is 32.2. The average molecular weight is 386 g/mol. The Bertz CT molecular complexity index is 768. The summed E-state index contributed by atoms with van der Waals surface area (Å²) >= 11 is 1.51. The minimum atomic E-state index is -0.180. The molecular formula is C20H27N5OS. The first-order chi connectivity index (χ1) is 13.2. The molecule has 7 heteroatoms. The first-order valence-corrected chi connectivity index (χ1v) is 10.9. The van der Waals surface area contributed by atoms with Crippen LogP contribution in [0.25, 0.3) is 11.4 Å². The van der Waals surface area contributed by atoms with Gasteiger partial charge in [-0.05, 0) is 50.7 Å². The molecule has 2 aromatic rings. The largest absolute Gasteiger partial charge is 0.355 e. The number of nitrogens with one attached hydrogen (secondary N) is 1. The topological polar surface area (TPSA) is 72.7 Å². The molecule has 1 amide bonds. The Balaban J connectivity index is 1.41. The van der Waals surface area contributed by atoms with Crippen molar-refractivity contribution in [3.63, 3.8) is 0 Å². The number of aromatic nitrogens is 4. The molecule has 144 valence electrons. The van der Waals surface area contributed by atoms with Crippen molar-refractivity contribution in [2.75, 3.05) is 6.54 Å². The number of carbonyl (C=O) groups excluding carboxylic acids is 1. The van der Waals surface area contributed by atoms with Crippen molar-refractivity contribution in [3.05, 3.63) is 24.5 Å². The van der Waals surface area contributed by atoms with Gasteiger partial charge >= 0.3 is 0 Å². The van der Waals surface area contributed by atoms with Crippen molar-refractivity contribution < 1.29 is 4.79 Å². The Kier molecular flexibility index (Phi) is 5.76. The summed E-state index contributed by atoms with van der Waals surface area (Å²) in [4.78, 5) is 16.6. The molecule has 2 saturated carbocycles. The summed E-state index contributed by atoms with van der Waals surface area (Å²) in [5.41, 5.74) is 1.02. The summed E-state index contributed by atoms with van der Waals surface area (Å²) in [6.45, 7) is 2.76. The van der Waals surface area contributed by atoms with Gasteiger partial charge in [0, 0.05) is 30.5 Å². The van der Waals surface area contributed by atoms with Crippen LogP contribution in [0.1, 0.15) is 57.9 Å². The van der Waals surface area contributed by atoms with Crippen LogP contribution in [0.2, 0.25) is 0 Å². The Labute approximate surface area is 164 Å². The molecule has 2 aromatic heterocycles. The molecule has 0 unspecified atom stereocenters. The van der Waals surface area contributed by atoms with Crippen molar-refractivity contribution in [2.24, 2.45) is 5.92 Å². The molecule has 0 aliphatic heterocycles. The smallest absolute Gasteiger partial charge is 0.233 e. The fourth-order valence-electron chi connectivity index (χ4n) is 3.71. The van der Waals surface area contributed by atoms with E-state index < -0.39 is 0 Å². The molecule has 6 nitrogen and oxygen atoms in total. The van der Waals surface area contributed by atoms with E-state index in [0.717, 1.165) is 35.9 Å². The molecule has 0 spiro atoms. The third-order valence-electron chi connectivity index (χ3n) is 5.46. The zero-order valence-electron chi connectivity index (χ0n) is 15.8. The van der Waals surface area contributed by atoms with Crippen molar-refractivity contribution in [2.45, 2.75) is 68.3 Å². The van der Waals surface area contributed by atoms with E-state index in [4.69, 9.17) is 0 Å². The van der Waals surface area contributed by atoms with Crippen LogP contribution in [0.4, 0.5) is 0 Å². The Morgan fingerprint density at radius 2 is 1.93 bits per heavy atom. The number of hydrogen-bond acceptors (Lipinski definition) is 5. The average Bonchev–Trinajstić information content (AvgIpc) is 3.47. The number of hydrogen-bond donors (Lipinski definition) is 1. The van der Waals surface area contributed by atoms with Crippen LogP contribution in [0.5, 0.6) is 0 Å². The van der Waals surface area contributed by atoms with Gasteiger partial charge in [-0.15, -0.1) is 10.2 Å². The molecule has 0 aromatic carbocycles. The second kappa shape index (κ2) is 8.42. The summed E-state index contributed by atoms with van der Waals surface area (Å²) in [7, 11) is 0. The van der Waals surface area contributed by atoms with Crippen LogP contribution < -0.4 is 5.32 Å². The van der Waals surface area contributed by atoms with Gasteiger partial charge < -0.3 is 5.32 Å². The van der Waals surface area contributed by atoms with Crippen LogP contribution in [0.3, 0.4) is 0 Å². The number of pyridine rings is 1. The van der Waals surface area contributed by atoms with Gasteiger partial charge in [0.1, 0.15) is 0 Å². The molecule has 2 fully saturated rings. The summed E-state index contributed by atoms with van der Waals surface area (Å²) < 4.78 is 2.20. The molecule has 4 rings (SSSR count). The van der Waals surface area contributed by atoms with E-state index in [1.165, 1.54) is 43.9 Å². The van der Waals surface area contributed by atoms with Gasteiger partial charge in [-0.2, -0.15) is 0 Å². The number of nitrogens with zero attached hydrogens (tertiary/aromatic N) is 4. The predicted molar refractivity (Wildman–Crippen MR) is 106 cm³/mol. The monoisotopic (exact) mass is 385 g/mol. The van der Waals surface area contributed by atoms with E-state index in [9.17, 15) is 4.79 Å². The summed E-state index contributed by atoms with van der Waals surface area (Å²) in [6, 6.07) is 4.36. The van der Waals surface area contributed by atoms with Crippen molar-refractivity contribution in [3.8, 4) is 11.4 Å². The first kappa shape index (κ1) is 18.5. The fraction of sp³-hybridized carbons (Fsp3) is 0.600. The van der Waals surface area contributed by atoms with Gasteiger partial charge in [0.15, 0.2) is 11.0 Å². The Morgan fingerprint density at radius 3 is 2.63 bits per heavy atom. The van der Waals surface area contributed by atoms with Crippen molar-refractivity contribution in [1.29, 1.82) is 0 Å². The van der Waals surface area contributed by atoms with E-state index in [2.05, 4.69) is 25.1 Å². The van der Waals surface area contributed by atoms with Gasteiger partial charge in [-0.25, -0.2) is 0 Å². The molecule has 27 heavy (non-hydrogen) atoms. The van der Waals surface area contributed by atoms with Crippen LogP contribution in [-0.2, 0) is 4.79 Å². The molecule has 0 radical (unpaired) electrons. The second-order valence-electron chi connectivity index (χ2n) is 7.65. The highest BCUT2D eigenvalue weighted by molar-refractivity contribution is 8.00. The molecule has 0 bridgehead atoms. The zero-order chi connectivity index (χ0) is 18.6. The Morgan fingerprint density at radius 1 is 1.19 bits per heavy atom. The zero-order valence-corrected chi connectivity index (χ0v) is 16.6. The lowest BCUT2D eigenvalue weighted by Crippen LogP contribution is -2.35. The normalized spacial score (nSPS) is 19.0. The maximum Gasteiger partial charge on any atom is 0.233 e. The van der Waals surface area contributed by atoms with E-state index in [1.54, 1.807) is 12.4 Å². The lowest BCUT2D eigenvalue weighted by Gasteiger charge is -2.22. The van der Waals surface area contributed by atoms with Crippen LogP contribution in [0.15, 0.2) is 29.7 Å². The Hall–Kier alpha value is -1.89. The summed E-state index contributed by atoms with van der Waals surface area (Å²) in [6.07, 6.45) is 12.3. The van der Waals surface area contributed by atoms with Crippen molar-refractivity contribution in [1.82, 2.24) is 25.1 Å². The first-order valence-electron chi connectivity index (χ1n) is 10.0. The highest BCUT2D eigenvalue weighted by Crippen LogP contribution is 2.41. The van der Waals surface area contributed by atoms with Crippen molar-refractivity contribution >= 4 is 17.7 Å². The number of carbonyl (C=O) groups is 1. The molecular weight excluding hydrogens is 358 g/mol. The van der Waals surface area contributed by atoms with E-state index >= 15 is 0 Å². The van der Waals surface area contributed by atoms with Gasteiger partial charge in [0.05, 0.1) is 5.25 Å². The summed E-state index contributed by atoms with van der Waals surface area (Å²) in [5, 5.41) is 12.6. The quantitative estimate of drug-likeness (QED) is 0.733. The maximum absolute atomic E-state index is 12.6. The minimum Gasteiger partial charge on any atom is -0.355 e. The van der Waals surface area contributed by atoms with E-state index in [-0.39, 0.29) is 11.2 Å². The van der Waals surface area contributed by atoms with Gasteiger partial charge in [-0.1, -0.05) is 31.0 Å². The molecule has 0 saturated heterocycles. The number of rotatable bonds is 7. The SMILES string of the molecule is C[C@H](Sc1nnc(-c2ccncc2)n1C1CC1)C(=O)NCC1CCCCC1. The predicted octanol–water partition coefficient (Wildman–Crippen LogP) is 3.85. The van der Waals surface area contributed by atoms with E-state index in [1.807, 2.05) is 19.1 Å². The third kappa shape index (κ3) is 4.51. The highest BCUT2D eigenvalue weighted by Gasteiger charge is 2.31. The number of thioether (sulfide) groups is 1. The minimum absolute atomic E-state index is 0.0985. The second-order valence-corrected chi connectivity index (χ2v) is 8.96. The lowest BCUT2D eigenvalue weighted by atomic mass is 9.89. The van der Waals surface area contributed by atoms with Crippen LogP contribution >= 0.6 is 11.8 Å². The van der Waals surface area contributed by atoms with Crippen LogP contribution in [0, 0.1) is 5.92 Å². The molecule has 2 aliphatic carbocycles.